The summed E-state index contributed by atoms with van der Waals surface area (Å²) in [6.45, 7) is 0.550. The Bertz CT molecular complexity index is 560. The fourth-order valence-corrected chi connectivity index (χ4v) is 1.97. The van der Waals surface area contributed by atoms with Gasteiger partial charge < -0.3 is 22.9 Å². The summed E-state index contributed by atoms with van der Waals surface area (Å²) in [5.74, 6) is -0.459. The molecule has 0 fully saturated rings. The molecule has 124 valence electrons. The van der Waals surface area contributed by atoms with E-state index >= 15 is 0 Å². The number of hydrogen-bond acceptors (Lipinski definition) is 4. The number of benzene rings is 2. The summed E-state index contributed by atoms with van der Waals surface area (Å²) in [5.41, 5.74) is 23.9. The highest BCUT2D eigenvalue weighted by Gasteiger charge is 2.08. The second kappa shape index (κ2) is 10.5. The van der Waals surface area contributed by atoms with Crippen molar-refractivity contribution in [2.75, 3.05) is 6.54 Å². The van der Waals surface area contributed by atoms with Crippen molar-refractivity contribution in [3.05, 3.63) is 71.8 Å². The van der Waals surface area contributed by atoms with Crippen LogP contribution in [0, 0.1) is 0 Å². The van der Waals surface area contributed by atoms with E-state index in [1.807, 2.05) is 48.5 Å². The Labute approximate surface area is 137 Å². The first-order valence-corrected chi connectivity index (χ1v) is 7.61. The molecule has 2 unspecified atom stereocenters. The highest BCUT2D eigenvalue weighted by atomic mass is 16.1. The second-order valence-corrected chi connectivity index (χ2v) is 5.38. The zero-order chi connectivity index (χ0) is 17.1. The van der Waals surface area contributed by atoms with Crippen molar-refractivity contribution in [1.29, 1.82) is 0 Å². The molecule has 0 spiro atoms. The summed E-state index contributed by atoms with van der Waals surface area (Å²) in [6.07, 6.45) is 1.38. The Morgan fingerprint density at radius 3 is 1.65 bits per heavy atom. The van der Waals surface area contributed by atoms with Gasteiger partial charge in [0.1, 0.15) is 0 Å². The van der Waals surface area contributed by atoms with Crippen LogP contribution in [0.15, 0.2) is 60.7 Å². The van der Waals surface area contributed by atoms with Crippen molar-refractivity contribution in [2.45, 2.75) is 24.9 Å². The number of amides is 1. The van der Waals surface area contributed by atoms with Gasteiger partial charge in [0.15, 0.2) is 0 Å². The summed E-state index contributed by atoms with van der Waals surface area (Å²) in [7, 11) is 0. The topological polar surface area (TPSA) is 121 Å². The quantitative estimate of drug-likeness (QED) is 0.622. The lowest BCUT2D eigenvalue weighted by Gasteiger charge is -2.07. The lowest BCUT2D eigenvalue weighted by atomic mass is 10.1. The first kappa shape index (κ1) is 18.8. The Balaban J connectivity index is 0.000000231. The summed E-state index contributed by atoms with van der Waals surface area (Å²) < 4.78 is 0. The van der Waals surface area contributed by atoms with Gasteiger partial charge in [-0.25, -0.2) is 0 Å². The molecule has 0 saturated carbocycles. The summed E-state index contributed by atoms with van der Waals surface area (Å²) >= 11 is 0. The van der Waals surface area contributed by atoms with Gasteiger partial charge in [0.05, 0.1) is 6.04 Å². The Kier molecular flexibility index (Phi) is 8.60. The standard InChI is InChI=1S/C9H12N2O.C9H14N2/c10-8(9(11)12)6-7-4-2-1-3-5-7;10-7-9(11)6-8-4-2-1-3-5-8/h1-5,8H,6,10H2,(H2,11,12);1-5,9H,6-7,10-11H2. The Morgan fingerprint density at radius 1 is 0.826 bits per heavy atom. The number of rotatable bonds is 6. The molecule has 0 aliphatic heterocycles. The third kappa shape index (κ3) is 8.11. The van der Waals surface area contributed by atoms with E-state index in [1.54, 1.807) is 0 Å². The number of hydrogen-bond donors (Lipinski definition) is 4. The van der Waals surface area contributed by atoms with Gasteiger partial charge in [0.25, 0.3) is 0 Å². The van der Waals surface area contributed by atoms with Crippen LogP contribution in [-0.2, 0) is 17.6 Å². The van der Waals surface area contributed by atoms with Crippen molar-refractivity contribution in [3.63, 3.8) is 0 Å². The molecule has 0 radical (unpaired) electrons. The monoisotopic (exact) mass is 314 g/mol. The molecule has 8 N–H and O–H groups in total. The SMILES string of the molecule is NC(=O)C(N)Cc1ccccc1.NCC(N)Cc1ccccc1. The van der Waals surface area contributed by atoms with Gasteiger partial charge in [0, 0.05) is 12.6 Å². The number of carbonyl (C=O) groups is 1. The van der Waals surface area contributed by atoms with Crippen LogP contribution in [0.1, 0.15) is 11.1 Å². The molecule has 0 saturated heterocycles. The van der Waals surface area contributed by atoms with Crippen LogP contribution in [0.2, 0.25) is 0 Å². The van der Waals surface area contributed by atoms with Gasteiger partial charge in [-0.05, 0) is 24.0 Å². The molecular formula is C18H26N4O. The molecule has 2 atom stereocenters. The van der Waals surface area contributed by atoms with Crippen molar-refractivity contribution in [1.82, 2.24) is 0 Å². The largest absolute Gasteiger partial charge is 0.368 e. The van der Waals surface area contributed by atoms with Crippen LogP contribution >= 0.6 is 0 Å². The fourth-order valence-electron chi connectivity index (χ4n) is 1.97. The zero-order valence-electron chi connectivity index (χ0n) is 13.3. The third-order valence-electron chi connectivity index (χ3n) is 3.31. The first-order valence-electron chi connectivity index (χ1n) is 7.61. The van der Waals surface area contributed by atoms with E-state index in [0.717, 1.165) is 12.0 Å². The molecule has 5 heteroatoms. The van der Waals surface area contributed by atoms with Crippen LogP contribution in [0.3, 0.4) is 0 Å². The summed E-state index contributed by atoms with van der Waals surface area (Å²) in [6, 6.07) is 19.2. The average molecular weight is 314 g/mol. The fraction of sp³-hybridized carbons (Fsp3) is 0.278. The predicted molar refractivity (Wildman–Crippen MR) is 94.5 cm³/mol. The van der Waals surface area contributed by atoms with E-state index < -0.39 is 11.9 Å². The molecule has 5 nitrogen and oxygen atoms in total. The lowest BCUT2D eigenvalue weighted by molar-refractivity contribution is -0.119. The van der Waals surface area contributed by atoms with Gasteiger partial charge in [-0.15, -0.1) is 0 Å². The van der Waals surface area contributed by atoms with Crippen molar-refractivity contribution < 1.29 is 4.79 Å². The van der Waals surface area contributed by atoms with Gasteiger partial charge in [0.2, 0.25) is 5.91 Å². The Hall–Kier alpha value is -2.21. The van der Waals surface area contributed by atoms with Gasteiger partial charge in [-0.1, -0.05) is 60.7 Å². The molecule has 0 bridgehead atoms. The molecule has 0 aromatic heterocycles. The van der Waals surface area contributed by atoms with Gasteiger partial charge in [-0.3, -0.25) is 4.79 Å². The second-order valence-electron chi connectivity index (χ2n) is 5.38. The highest BCUT2D eigenvalue weighted by molar-refractivity contribution is 5.79. The minimum absolute atomic E-state index is 0.0948. The number of nitrogens with two attached hydrogens (primary N) is 4. The summed E-state index contributed by atoms with van der Waals surface area (Å²) in [5, 5.41) is 0. The van der Waals surface area contributed by atoms with Gasteiger partial charge in [-0.2, -0.15) is 0 Å². The van der Waals surface area contributed by atoms with Crippen LogP contribution < -0.4 is 22.9 Å². The molecule has 2 rings (SSSR count). The maximum Gasteiger partial charge on any atom is 0.234 e. The van der Waals surface area contributed by atoms with E-state index in [1.165, 1.54) is 5.56 Å². The van der Waals surface area contributed by atoms with Crippen LogP contribution in [0.5, 0.6) is 0 Å². The van der Waals surface area contributed by atoms with E-state index in [-0.39, 0.29) is 6.04 Å². The molecule has 2 aromatic rings. The molecule has 0 heterocycles. The molecular weight excluding hydrogens is 288 g/mol. The molecule has 1 amide bonds. The third-order valence-corrected chi connectivity index (χ3v) is 3.31. The maximum atomic E-state index is 10.6. The van der Waals surface area contributed by atoms with E-state index in [2.05, 4.69) is 12.1 Å². The van der Waals surface area contributed by atoms with E-state index in [0.29, 0.717) is 13.0 Å². The minimum Gasteiger partial charge on any atom is -0.368 e. The first-order chi connectivity index (χ1) is 11.0. The normalized spacial score (nSPS) is 12.7. The number of carbonyl (C=O) groups excluding carboxylic acids is 1. The molecule has 2 aromatic carbocycles. The van der Waals surface area contributed by atoms with Crippen LogP contribution in [-0.4, -0.2) is 24.5 Å². The predicted octanol–water partition coefficient (Wildman–Crippen LogP) is 0.557. The molecule has 0 aliphatic rings. The minimum atomic E-state index is -0.576. The highest BCUT2D eigenvalue weighted by Crippen LogP contribution is 2.01. The Morgan fingerprint density at radius 2 is 1.26 bits per heavy atom. The molecule has 23 heavy (non-hydrogen) atoms. The lowest BCUT2D eigenvalue weighted by Crippen LogP contribution is -2.38. The van der Waals surface area contributed by atoms with Gasteiger partial charge >= 0.3 is 0 Å². The zero-order valence-corrected chi connectivity index (χ0v) is 13.3. The maximum absolute atomic E-state index is 10.6. The van der Waals surface area contributed by atoms with Crippen LogP contribution in [0.25, 0.3) is 0 Å². The summed E-state index contributed by atoms with van der Waals surface area (Å²) in [4.78, 5) is 10.6. The number of primary amides is 1. The average Bonchev–Trinajstić information content (AvgIpc) is 2.57. The van der Waals surface area contributed by atoms with Crippen LogP contribution in [0.4, 0.5) is 0 Å². The van der Waals surface area contributed by atoms with E-state index in [9.17, 15) is 4.79 Å². The van der Waals surface area contributed by atoms with Crippen molar-refractivity contribution in [3.8, 4) is 0 Å². The van der Waals surface area contributed by atoms with E-state index in [4.69, 9.17) is 22.9 Å². The smallest absolute Gasteiger partial charge is 0.234 e. The van der Waals surface area contributed by atoms with Crippen molar-refractivity contribution in [2.24, 2.45) is 22.9 Å². The molecule has 0 aliphatic carbocycles. The van der Waals surface area contributed by atoms with Crippen molar-refractivity contribution >= 4 is 5.91 Å².